The average molecular weight is 404 g/mol. The largest absolute Gasteiger partial charge is 0.206 e. The highest BCUT2D eigenvalue weighted by Gasteiger charge is 2.12. The molecule has 0 N–H and O–H groups in total. The van der Waals surface area contributed by atoms with Gasteiger partial charge in [-0.05, 0) is 76.9 Å². The van der Waals surface area contributed by atoms with E-state index < -0.39 is 23.3 Å². The first-order valence-electron chi connectivity index (χ1n) is 9.44. The Labute approximate surface area is 171 Å². The normalized spacial score (nSPS) is 10.7. The molecule has 0 radical (unpaired) electrons. The second-order valence-electron chi connectivity index (χ2n) is 6.94. The highest BCUT2D eigenvalue weighted by atomic mass is 19.2. The van der Waals surface area contributed by atoms with Gasteiger partial charge in [0.1, 0.15) is 11.6 Å². The van der Waals surface area contributed by atoms with E-state index in [1.54, 1.807) is 42.5 Å². The van der Waals surface area contributed by atoms with Crippen molar-refractivity contribution in [2.45, 2.75) is 13.3 Å². The molecule has 4 rings (SSSR count). The van der Waals surface area contributed by atoms with Crippen LogP contribution >= 0.6 is 0 Å². The van der Waals surface area contributed by atoms with Gasteiger partial charge in [0.05, 0.1) is 5.56 Å². The highest BCUT2D eigenvalue weighted by Crippen LogP contribution is 2.28. The van der Waals surface area contributed by atoms with E-state index in [0.717, 1.165) is 12.1 Å². The minimum absolute atomic E-state index is 0.0597. The molecule has 0 atom stereocenters. The van der Waals surface area contributed by atoms with Crippen LogP contribution in [0.25, 0.3) is 21.9 Å². The fourth-order valence-corrected chi connectivity index (χ4v) is 3.29. The molecule has 0 spiro atoms. The van der Waals surface area contributed by atoms with Gasteiger partial charge in [-0.1, -0.05) is 37.0 Å². The number of halogens is 4. The molecular formula is C26H16F4. The summed E-state index contributed by atoms with van der Waals surface area (Å²) >= 11 is 0. The summed E-state index contributed by atoms with van der Waals surface area (Å²) in [6, 6.07) is 16.7. The van der Waals surface area contributed by atoms with Crippen molar-refractivity contribution >= 4 is 10.8 Å². The predicted molar refractivity (Wildman–Crippen MR) is 111 cm³/mol. The molecule has 30 heavy (non-hydrogen) atoms. The molecule has 4 aromatic carbocycles. The van der Waals surface area contributed by atoms with Crippen LogP contribution < -0.4 is 0 Å². The summed E-state index contributed by atoms with van der Waals surface area (Å²) < 4.78 is 55.4. The summed E-state index contributed by atoms with van der Waals surface area (Å²) in [5.74, 6) is 2.96. The Morgan fingerprint density at radius 2 is 1.17 bits per heavy atom. The fraction of sp³-hybridized carbons (Fsp3) is 0.0769. The summed E-state index contributed by atoms with van der Waals surface area (Å²) in [6.45, 7) is 1.84. The van der Waals surface area contributed by atoms with E-state index in [4.69, 9.17) is 0 Å². The Kier molecular flexibility index (Phi) is 5.29. The molecule has 0 bridgehead atoms. The molecule has 0 fully saturated rings. The van der Waals surface area contributed by atoms with Crippen LogP contribution in [-0.2, 0) is 6.42 Å². The SMILES string of the molecule is CCc1cc(F)c(-c2ccc(C#Cc3ccc4cc(F)c(F)cc4c3)cc2)c(F)c1. The maximum atomic E-state index is 14.3. The molecule has 0 unspecified atom stereocenters. The fourth-order valence-electron chi connectivity index (χ4n) is 3.29. The molecule has 0 saturated heterocycles. The standard InChI is InChI=1S/C26H16F4/c1-2-16-12-24(29)26(25(30)13-16)19-8-5-17(6-9-19)3-4-18-7-10-20-14-22(27)23(28)15-21(20)11-18/h5-15H,2H2,1H3. The minimum Gasteiger partial charge on any atom is -0.206 e. The molecule has 4 aromatic rings. The van der Waals surface area contributed by atoms with Gasteiger partial charge in [-0.25, -0.2) is 17.6 Å². The van der Waals surface area contributed by atoms with Gasteiger partial charge in [0.25, 0.3) is 0 Å². The smallest absolute Gasteiger partial charge is 0.159 e. The molecule has 0 heterocycles. The third-order valence-electron chi connectivity index (χ3n) is 4.91. The first-order valence-corrected chi connectivity index (χ1v) is 9.44. The number of fused-ring (bicyclic) bond motifs is 1. The lowest BCUT2D eigenvalue weighted by Crippen LogP contribution is -1.93. The quantitative estimate of drug-likeness (QED) is 0.249. The van der Waals surface area contributed by atoms with Gasteiger partial charge < -0.3 is 0 Å². The molecule has 0 nitrogen and oxygen atoms in total. The van der Waals surface area contributed by atoms with E-state index in [1.165, 1.54) is 12.1 Å². The van der Waals surface area contributed by atoms with Crippen molar-refractivity contribution in [1.29, 1.82) is 0 Å². The van der Waals surface area contributed by atoms with Gasteiger partial charge in [0.15, 0.2) is 11.6 Å². The zero-order valence-corrected chi connectivity index (χ0v) is 16.1. The number of benzene rings is 4. The first-order chi connectivity index (χ1) is 14.4. The van der Waals surface area contributed by atoms with Crippen LogP contribution in [0.2, 0.25) is 0 Å². The van der Waals surface area contributed by atoms with Crippen molar-refractivity contribution in [2.24, 2.45) is 0 Å². The monoisotopic (exact) mass is 404 g/mol. The van der Waals surface area contributed by atoms with Crippen molar-refractivity contribution in [1.82, 2.24) is 0 Å². The van der Waals surface area contributed by atoms with Crippen LogP contribution in [0.5, 0.6) is 0 Å². The van der Waals surface area contributed by atoms with Crippen LogP contribution in [0, 0.1) is 35.1 Å². The van der Waals surface area contributed by atoms with Gasteiger partial charge in [-0.2, -0.15) is 0 Å². The Balaban J connectivity index is 1.62. The number of hydrogen-bond donors (Lipinski definition) is 0. The number of aryl methyl sites for hydroxylation is 1. The molecule has 0 saturated carbocycles. The summed E-state index contributed by atoms with van der Waals surface area (Å²) in [5.41, 5.74) is 2.28. The molecule has 148 valence electrons. The van der Waals surface area contributed by atoms with Gasteiger partial charge in [0.2, 0.25) is 0 Å². The zero-order chi connectivity index (χ0) is 21.3. The van der Waals surface area contributed by atoms with E-state index in [0.29, 0.717) is 39.4 Å². The third kappa shape index (κ3) is 3.92. The maximum absolute atomic E-state index is 14.3. The molecule has 0 aliphatic heterocycles. The molecular weight excluding hydrogens is 388 g/mol. The Bertz CT molecular complexity index is 1290. The van der Waals surface area contributed by atoms with Crippen molar-refractivity contribution in [3.05, 3.63) is 107 Å². The lowest BCUT2D eigenvalue weighted by atomic mass is 10.00. The summed E-state index contributed by atoms with van der Waals surface area (Å²) in [4.78, 5) is 0. The predicted octanol–water partition coefficient (Wildman–Crippen LogP) is 7.03. The molecule has 0 aromatic heterocycles. The summed E-state index contributed by atoms with van der Waals surface area (Å²) in [7, 11) is 0. The number of hydrogen-bond acceptors (Lipinski definition) is 0. The van der Waals surface area contributed by atoms with Crippen LogP contribution in [0.4, 0.5) is 17.6 Å². The second-order valence-corrected chi connectivity index (χ2v) is 6.94. The minimum atomic E-state index is -0.908. The van der Waals surface area contributed by atoms with Crippen molar-refractivity contribution < 1.29 is 17.6 Å². The summed E-state index contributed by atoms with van der Waals surface area (Å²) in [6.07, 6.45) is 0.555. The molecule has 0 aliphatic rings. The van der Waals surface area contributed by atoms with E-state index in [2.05, 4.69) is 11.8 Å². The van der Waals surface area contributed by atoms with Gasteiger partial charge in [-0.3, -0.25) is 0 Å². The summed E-state index contributed by atoms with van der Waals surface area (Å²) in [5, 5.41) is 1.14. The van der Waals surface area contributed by atoms with Gasteiger partial charge in [-0.15, -0.1) is 0 Å². The highest BCUT2D eigenvalue weighted by molar-refractivity contribution is 5.84. The van der Waals surface area contributed by atoms with Crippen LogP contribution in [0.1, 0.15) is 23.6 Å². The van der Waals surface area contributed by atoms with E-state index >= 15 is 0 Å². The zero-order valence-electron chi connectivity index (χ0n) is 16.1. The Morgan fingerprint density at radius 1 is 0.600 bits per heavy atom. The van der Waals surface area contributed by atoms with Crippen LogP contribution in [0.15, 0.2) is 66.7 Å². The Hall–Kier alpha value is -3.58. The van der Waals surface area contributed by atoms with E-state index in [-0.39, 0.29) is 5.56 Å². The third-order valence-corrected chi connectivity index (χ3v) is 4.91. The number of rotatable bonds is 2. The average Bonchev–Trinajstić information content (AvgIpc) is 2.73. The van der Waals surface area contributed by atoms with Gasteiger partial charge >= 0.3 is 0 Å². The Morgan fingerprint density at radius 3 is 1.80 bits per heavy atom. The topological polar surface area (TPSA) is 0 Å². The lowest BCUT2D eigenvalue weighted by Gasteiger charge is -2.07. The second kappa shape index (κ2) is 8.04. The first kappa shape index (κ1) is 19.7. The van der Waals surface area contributed by atoms with Crippen LogP contribution in [-0.4, -0.2) is 0 Å². The maximum Gasteiger partial charge on any atom is 0.159 e. The molecule has 0 aliphatic carbocycles. The van der Waals surface area contributed by atoms with Crippen molar-refractivity contribution in [3.63, 3.8) is 0 Å². The van der Waals surface area contributed by atoms with E-state index in [9.17, 15) is 17.6 Å². The van der Waals surface area contributed by atoms with Crippen molar-refractivity contribution in [3.8, 4) is 23.0 Å². The lowest BCUT2D eigenvalue weighted by molar-refractivity contribution is 0.511. The molecule has 0 amide bonds. The van der Waals surface area contributed by atoms with E-state index in [1.807, 2.05) is 6.92 Å². The molecule has 4 heteroatoms. The van der Waals surface area contributed by atoms with Crippen molar-refractivity contribution in [2.75, 3.05) is 0 Å². The van der Waals surface area contributed by atoms with Gasteiger partial charge in [0, 0.05) is 11.1 Å². The van der Waals surface area contributed by atoms with Crippen LogP contribution in [0.3, 0.4) is 0 Å².